The molecule has 0 spiro atoms. The van der Waals surface area contributed by atoms with Crippen molar-refractivity contribution in [1.29, 1.82) is 0 Å². The van der Waals surface area contributed by atoms with Gasteiger partial charge in [-0.05, 0) is 61.1 Å². The molecule has 0 bridgehead atoms. The maximum atomic E-state index is 10.9. The van der Waals surface area contributed by atoms with Gasteiger partial charge in [0.25, 0.3) is 0 Å². The summed E-state index contributed by atoms with van der Waals surface area (Å²) in [6, 6.07) is 12.7. The third-order valence-corrected chi connectivity index (χ3v) is 13.8. The fourth-order valence-electron chi connectivity index (χ4n) is 8.11. The number of benzene rings is 2. The Labute approximate surface area is 407 Å². The van der Waals surface area contributed by atoms with Gasteiger partial charge in [0.05, 0.1) is 9.79 Å². The minimum absolute atomic E-state index is 0. The van der Waals surface area contributed by atoms with Crippen molar-refractivity contribution in [3.63, 3.8) is 0 Å². The van der Waals surface area contributed by atoms with E-state index in [1.54, 1.807) is 24.3 Å². The first-order valence-electron chi connectivity index (χ1n) is 25.2. The SMILES string of the molecule is CCCCCCCCCCCCCCCCCCCCc1ccc(S(=O)(=O)[O-])cc1.CCCCCCCCCCCCCCCCCCCCc1ccc(S(=O)(=O)[O-])cc1.[Ca+2]. The summed E-state index contributed by atoms with van der Waals surface area (Å²) in [5, 5.41) is 0. The van der Waals surface area contributed by atoms with Crippen molar-refractivity contribution < 1.29 is 25.9 Å². The average Bonchev–Trinajstić information content (AvgIpc) is 3.22. The average molecular weight is 915 g/mol. The summed E-state index contributed by atoms with van der Waals surface area (Å²) >= 11 is 0. The van der Waals surface area contributed by atoms with E-state index in [2.05, 4.69) is 13.8 Å². The monoisotopic (exact) mass is 915 g/mol. The van der Waals surface area contributed by atoms with Gasteiger partial charge < -0.3 is 9.11 Å². The largest absolute Gasteiger partial charge is 2.00 e. The van der Waals surface area contributed by atoms with E-state index >= 15 is 0 Å². The maximum Gasteiger partial charge on any atom is 2.00 e. The molecule has 0 aliphatic rings. The second-order valence-corrected chi connectivity index (χ2v) is 20.5. The molecule has 2 rings (SSSR count). The molecule has 0 fully saturated rings. The van der Waals surface area contributed by atoms with E-state index in [9.17, 15) is 25.9 Å². The summed E-state index contributed by atoms with van der Waals surface area (Å²) in [5.41, 5.74) is 2.22. The third-order valence-electron chi connectivity index (χ3n) is 12.1. The van der Waals surface area contributed by atoms with E-state index in [0.717, 1.165) is 36.8 Å². The Hall–Kier alpha value is -0.480. The van der Waals surface area contributed by atoms with Gasteiger partial charge in [-0.3, -0.25) is 0 Å². The van der Waals surface area contributed by atoms with Crippen LogP contribution in [0.25, 0.3) is 0 Å². The van der Waals surface area contributed by atoms with Crippen LogP contribution in [0.3, 0.4) is 0 Å². The summed E-state index contributed by atoms with van der Waals surface area (Å²) in [6.07, 6.45) is 51.4. The zero-order valence-corrected chi connectivity index (χ0v) is 43.3. The van der Waals surface area contributed by atoms with Crippen LogP contribution in [-0.4, -0.2) is 63.7 Å². The van der Waals surface area contributed by atoms with Crippen molar-refractivity contribution in [2.45, 2.75) is 268 Å². The van der Waals surface area contributed by atoms with Gasteiger partial charge in [0.15, 0.2) is 0 Å². The summed E-state index contributed by atoms with van der Waals surface area (Å²) < 4.78 is 65.5. The van der Waals surface area contributed by atoms with Gasteiger partial charge in [-0.25, -0.2) is 16.8 Å². The van der Waals surface area contributed by atoms with E-state index in [1.165, 1.54) is 243 Å². The smallest absolute Gasteiger partial charge is 0.744 e. The molecular weight excluding hydrogens is 825 g/mol. The molecule has 2 aromatic carbocycles. The predicted molar refractivity (Wildman–Crippen MR) is 260 cm³/mol. The van der Waals surface area contributed by atoms with Crippen molar-refractivity contribution in [3.05, 3.63) is 59.7 Å². The number of aryl methyl sites for hydroxylation is 2. The van der Waals surface area contributed by atoms with Gasteiger partial charge in [0, 0.05) is 0 Å². The van der Waals surface area contributed by atoms with E-state index in [1.807, 2.05) is 0 Å². The summed E-state index contributed by atoms with van der Waals surface area (Å²) in [7, 11) is -8.65. The molecule has 0 N–H and O–H groups in total. The molecule has 0 saturated heterocycles. The normalized spacial score (nSPS) is 11.6. The molecular formula is C52H90CaO6S2. The molecule has 0 radical (unpaired) electrons. The standard InChI is InChI=1S/2C26H46O3S.Ca/c2*1-2-3-4-5-6-7-8-9-10-11-12-13-14-15-16-17-18-19-20-25-21-23-26(24-22-25)30(27,28)29;/h2*21-24H,2-20H2,1H3,(H,27,28,29);/q;;+2/p-2. The van der Waals surface area contributed by atoms with Crippen LogP contribution < -0.4 is 0 Å². The van der Waals surface area contributed by atoms with Crippen molar-refractivity contribution in [2.75, 3.05) is 0 Å². The van der Waals surface area contributed by atoms with Gasteiger partial charge in [-0.1, -0.05) is 256 Å². The molecule has 0 heterocycles. The van der Waals surface area contributed by atoms with Crippen LogP contribution in [0.15, 0.2) is 58.3 Å². The van der Waals surface area contributed by atoms with E-state index in [0.29, 0.717) is 0 Å². The fraction of sp³-hybridized carbons (Fsp3) is 0.769. The summed E-state index contributed by atoms with van der Waals surface area (Å²) in [6.45, 7) is 4.56. The van der Waals surface area contributed by atoms with Crippen LogP contribution in [0.5, 0.6) is 0 Å². The minimum atomic E-state index is -4.32. The van der Waals surface area contributed by atoms with Crippen LogP contribution in [0.2, 0.25) is 0 Å². The quantitative estimate of drug-likeness (QED) is 0.0374. The maximum absolute atomic E-state index is 10.9. The van der Waals surface area contributed by atoms with E-state index in [4.69, 9.17) is 0 Å². The molecule has 6 nitrogen and oxygen atoms in total. The molecule has 61 heavy (non-hydrogen) atoms. The minimum Gasteiger partial charge on any atom is -0.744 e. The van der Waals surface area contributed by atoms with Crippen LogP contribution in [0.4, 0.5) is 0 Å². The first-order chi connectivity index (χ1) is 29.1. The first kappa shape index (κ1) is 60.5. The molecule has 0 aliphatic carbocycles. The van der Waals surface area contributed by atoms with Gasteiger partial charge >= 0.3 is 37.7 Å². The Morgan fingerprint density at radius 1 is 0.295 bits per heavy atom. The zero-order chi connectivity index (χ0) is 43.8. The number of unbranched alkanes of at least 4 members (excludes halogenated alkanes) is 34. The van der Waals surface area contributed by atoms with Crippen molar-refractivity contribution in [2.24, 2.45) is 0 Å². The van der Waals surface area contributed by atoms with Crippen molar-refractivity contribution >= 4 is 58.0 Å². The van der Waals surface area contributed by atoms with Gasteiger partial charge in [0.1, 0.15) is 20.2 Å². The van der Waals surface area contributed by atoms with Crippen LogP contribution >= 0.6 is 0 Å². The van der Waals surface area contributed by atoms with Crippen LogP contribution in [0.1, 0.15) is 256 Å². The Balaban J connectivity index is 0.00000116. The van der Waals surface area contributed by atoms with Gasteiger partial charge in [-0.2, -0.15) is 0 Å². The molecule has 2 aromatic rings. The van der Waals surface area contributed by atoms with E-state index in [-0.39, 0.29) is 47.5 Å². The second kappa shape index (κ2) is 42.2. The van der Waals surface area contributed by atoms with Crippen LogP contribution in [-0.2, 0) is 33.1 Å². The number of hydrogen-bond donors (Lipinski definition) is 0. The molecule has 9 heteroatoms. The molecule has 0 aromatic heterocycles. The predicted octanol–water partition coefficient (Wildman–Crippen LogP) is 16.0. The molecule has 0 unspecified atom stereocenters. The van der Waals surface area contributed by atoms with Crippen molar-refractivity contribution in [3.8, 4) is 0 Å². The second-order valence-electron chi connectivity index (χ2n) is 17.7. The molecule has 0 amide bonds. The fourth-order valence-corrected chi connectivity index (χ4v) is 9.05. The molecule has 0 saturated carbocycles. The van der Waals surface area contributed by atoms with Crippen LogP contribution in [0, 0.1) is 0 Å². The topological polar surface area (TPSA) is 114 Å². The molecule has 348 valence electrons. The first-order valence-corrected chi connectivity index (χ1v) is 28.0. The van der Waals surface area contributed by atoms with Gasteiger partial charge in [0.2, 0.25) is 0 Å². The van der Waals surface area contributed by atoms with Gasteiger partial charge in [-0.15, -0.1) is 0 Å². The summed E-state index contributed by atoms with van der Waals surface area (Å²) in [5.74, 6) is 0. The zero-order valence-electron chi connectivity index (χ0n) is 39.5. The Kier molecular flexibility index (Phi) is 41.8. The summed E-state index contributed by atoms with van der Waals surface area (Å²) in [4.78, 5) is -0.270. The molecule has 0 atom stereocenters. The third kappa shape index (κ3) is 38.5. The Morgan fingerprint density at radius 3 is 0.623 bits per heavy atom. The number of hydrogen-bond acceptors (Lipinski definition) is 6. The Morgan fingerprint density at radius 2 is 0.459 bits per heavy atom. The van der Waals surface area contributed by atoms with Crippen molar-refractivity contribution in [1.82, 2.24) is 0 Å². The molecule has 0 aliphatic heterocycles. The Bertz CT molecular complexity index is 1330. The van der Waals surface area contributed by atoms with E-state index < -0.39 is 20.2 Å². The number of rotatable bonds is 40.